The molecule has 82 valence electrons. The van der Waals surface area contributed by atoms with Crippen LogP contribution in [0.25, 0.3) is 0 Å². The molecular weight excluding hydrogens is 190 g/mol. The van der Waals surface area contributed by atoms with Gasteiger partial charge in [0, 0.05) is 13.0 Å². The van der Waals surface area contributed by atoms with Crippen LogP contribution in [0.2, 0.25) is 0 Å². The Hall–Kier alpha value is -1.32. The molecule has 0 bridgehead atoms. The van der Waals surface area contributed by atoms with Gasteiger partial charge in [0.2, 0.25) is 0 Å². The minimum Gasteiger partial charge on any atom is -0.350 e. The van der Waals surface area contributed by atoms with E-state index in [2.05, 4.69) is 5.32 Å². The molecule has 0 spiro atoms. The molecule has 4 heteroatoms. The average molecular weight is 208 g/mol. The number of nitrogens with zero attached hydrogens (tertiary/aromatic N) is 2. The van der Waals surface area contributed by atoms with E-state index in [9.17, 15) is 4.79 Å². The van der Waals surface area contributed by atoms with Gasteiger partial charge in [-0.2, -0.15) is 0 Å². The van der Waals surface area contributed by atoms with Crippen LogP contribution in [0, 0.1) is 6.92 Å². The van der Waals surface area contributed by atoms with Gasteiger partial charge in [-0.05, 0) is 19.3 Å². The van der Waals surface area contributed by atoms with Crippen molar-refractivity contribution in [3.8, 4) is 0 Å². The largest absolute Gasteiger partial charge is 0.350 e. The summed E-state index contributed by atoms with van der Waals surface area (Å²) < 4.78 is 3.98. The van der Waals surface area contributed by atoms with Gasteiger partial charge in [0.05, 0.1) is 7.05 Å². The van der Waals surface area contributed by atoms with Crippen molar-refractivity contribution in [3.05, 3.63) is 18.2 Å². The minimum absolute atomic E-state index is 0.124. The van der Waals surface area contributed by atoms with Crippen LogP contribution in [-0.2, 0) is 18.4 Å². The Bertz CT molecular complexity index is 366. The smallest absolute Gasteiger partial charge is 0.262 e. The van der Waals surface area contributed by atoms with E-state index in [1.807, 2.05) is 35.5 Å². The zero-order valence-corrected chi connectivity index (χ0v) is 9.36. The fourth-order valence-electron chi connectivity index (χ4n) is 1.75. The summed E-state index contributed by atoms with van der Waals surface area (Å²) in [5.41, 5.74) is 0. The fourth-order valence-corrected chi connectivity index (χ4v) is 1.75. The molecule has 1 aliphatic carbocycles. The summed E-state index contributed by atoms with van der Waals surface area (Å²) >= 11 is 0. The average Bonchev–Trinajstić information content (AvgIpc) is 2.43. The molecular formula is C11H18N3O+. The quantitative estimate of drug-likeness (QED) is 0.712. The van der Waals surface area contributed by atoms with Gasteiger partial charge in [-0.15, -0.1) is 0 Å². The summed E-state index contributed by atoms with van der Waals surface area (Å²) in [6.45, 7) is 2.44. The maximum Gasteiger partial charge on any atom is 0.262 e. The van der Waals surface area contributed by atoms with Crippen molar-refractivity contribution in [1.29, 1.82) is 0 Å². The first-order chi connectivity index (χ1) is 7.16. The van der Waals surface area contributed by atoms with E-state index in [4.69, 9.17) is 0 Å². The minimum atomic E-state index is 0.124. The number of hydrogen-bond donors (Lipinski definition) is 1. The second-order valence-corrected chi connectivity index (χ2v) is 4.28. The van der Waals surface area contributed by atoms with Crippen LogP contribution >= 0.6 is 0 Å². The van der Waals surface area contributed by atoms with Crippen LogP contribution in [-0.4, -0.2) is 16.5 Å². The first kappa shape index (κ1) is 10.2. The number of hydrogen-bond acceptors (Lipinski definition) is 1. The monoisotopic (exact) mass is 208 g/mol. The predicted molar refractivity (Wildman–Crippen MR) is 56.1 cm³/mol. The Labute approximate surface area is 89.9 Å². The molecule has 0 aliphatic heterocycles. The number of imidazole rings is 1. The molecule has 4 nitrogen and oxygen atoms in total. The van der Waals surface area contributed by atoms with E-state index in [0.717, 1.165) is 18.7 Å². The lowest BCUT2D eigenvalue weighted by molar-refractivity contribution is -0.677. The van der Waals surface area contributed by atoms with Crippen molar-refractivity contribution in [2.75, 3.05) is 0 Å². The summed E-state index contributed by atoms with van der Waals surface area (Å²) in [6, 6.07) is 0.433. The van der Waals surface area contributed by atoms with Gasteiger partial charge in [0.1, 0.15) is 12.4 Å². The third-order valence-corrected chi connectivity index (χ3v) is 3.18. The van der Waals surface area contributed by atoms with Crippen molar-refractivity contribution in [3.63, 3.8) is 0 Å². The highest BCUT2D eigenvalue weighted by Crippen LogP contribution is 2.17. The fraction of sp³-hybridized carbons (Fsp3) is 0.636. The normalized spacial score (nSPS) is 16.1. The van der Waals surface area contributed by atoms with Crippen LogP contribution in [0.1, 0.15) is 25.1 Å². The van der Waals surface area contributed by atoms with Crippen molar-refractivity contribution >= 4 is 5.91 Å². The molecule has 1 saturated carbocycles. The number of nitrogens with one attached hydrogen (secondary N) is 1. The summed E-state index contributed by atoms with van der Waals surface area (Å²) in [4.78, 5) is 11.6. The van der Waals surface area contributed by atoms with E-state index in [-0.39, 0.29) is 5.91 Å². The zero-order valence-electron chi connectivity index (χ0n) is 9.36. The third kappa shape index (κ3) is 2.19. The van der Waals surface area contributed by atoms with Crippen LogP contribution in [0.4, 0.5) is 0 Å². The molecule has 2 rings (SSSR count). The van der Waals surface area contributed by atoms with Gasteiger partial charge >= 0.3 is 0 Å². The summed E-state index contributed by atoms with van der Waals surface area (Å²) in [5, 5.41) is 3.03. The van der Waals surface area contributed by atoms with Crippen molar-refractivity contribution < 1.29 is 9.36 Å². The molecule has 1 aromatic heterocycles. The number of amides is 1. The zero-order chi connectivity index (χ0) is 10.8. The third-order valence-electron chi connectivity index (χ3n) is 3.18. The molecule has 1 aromatic rings. The molecule has 0 saturated heterocycles. The highest BCUT2D eigenvalue weighted by Gasteiger charge is 2.21. The molecule has 15 heavy (non-hydrogen) atoms. The van der Waals surface area contributed by atoms with E-state index < -0.39 is 0 Å². The summed E-state index contributed by atoms with van der Waals surface area (Å²) in [5.74, 6) is 1.22. The Balaban J connectivity index is 1.90. The Morgan fingerprint density at radius 2 is 2.40 bits per heavy atom. The second kappa shape index (κ2) is 4.04. The Morgan fingerprint density at radius 1 is 1.67 bits per heavy atom. The lowest BCUT2D eigenvalue weighted by Gasteiger charge is -2.25. The predicted octanol–water partition coefficient (Wildman–Crippen LogP) is 0.290. The van der Waals surface area contributed by atoms with Gasteiger partial charge in [0.15, 0.2) is 6.54 Å². The standard InChI is InChI=1S/C11H17N3O/c1-9-13(2)6-7-14(9)8-11(15)12-10-4-3-5-10/h6-7,10H,3-5,8H2,1-2H3/p+1. The van der Waals surface area contributed by atoms with Gasteiger partial charge in [-0.1, -0.05) is 0 Å². The van der Waals surface area contributed by atoms with Gasteiger partial charge in [-0.3, -0.25) is 4.79 Å². The molecule has 1 aliphatic rings. The van der Waals surface area contributed by atoms with Crippen LogP contribution < -0.4 is 9.88 Å². The topological polar surface area (TPSA) is 37.9 Å². The van der Waals surface area contributed by atoms with E-state index in [1.54, 1.807) is 0 Å². The highest BCUT2D eigenvalue weighted by molar-refractivity contribution is 5.76. The highest BCUT2D eigenvalue weighted by atomic mass is 16.2. The number of rotatable bonds is 3. The van der Waals surface area contributed by atoms with Crippen molar-refractivity contribution in [2.24, 2.45) is 7.05 Å². The molecule has 1 amide bonds. The van der Waals surface area contributed by atoms with E-state index >= 15 is 0 Å². The number of aromatic nitrogens is 2. The summed E-state index contributed by atoms with van der Waals surface area (Å²) in [6.07, 6.45) is 7.44. The first-order valence-corrected chi connectivity index (χ1v) is 5.47. The Kier molecular flexibility index (Phi) is 2.75. The van der Waals surface area contributed by atoms with E-state index in [1.165, 1.54) is 6.42 Å². The molecule has 0 atom stereocenters. The molecule has 1 N–H and O–H groups in total. The van der Waals surface area contributed by atoms with Gasteiger partial charge < -0.3 is 5.32 Å². The Morgan fingerprint density at radius 3 is 2.87 bits per heavy atom. The number of carbonyl (C=O) groups is 1. The lowest BCUT2D eigenvalue weighted by atomic mass is 9.93. The first-order valence-electron chi connectivity index (χ1n) is 5.47. The van der Waals surface area contributed by atoms with Crippen LogP contribution in [0.3, 0.4) is 0 Å². The van der Waals surface area contributed by atoms with Gasteiger partial charge in [-0.25, -0.2) is 9.13 Å². The molecule has 0 aromatic carbocycles. The summed E-state index contributed by atoms with van der Waals surface area (Å²) in [7, 11) is 1.98. The van der Waals surface area contributed by atoms with Crippen molar-refractivity contribution in [1.82, 2.24) is 9.88 Å². The maximum absolute atomic E-state index is 11.6. The lowest BCUT2D eigenvalue weighted by Crippen LogP contribution is -2.41. The number of carbonyl (C=O) groups excluding carboxylic acids is 1. The molecule has 1 heterocycles. The van der Waals surface area contributed by atoms with Crippen molar-refractivity contribution in [2.45, 2.75) is 38.8 Å². The molecule has 1 fully saturated rings. The number of aryl methyl sites for hydroxylation is 1. The second-order valence-electron chi connectivity index (χ2n) is 4.28. The SMILES string of the molecule is Cc1n(CC(=O)NC2CCC2)cc[n+]1C. The van der Waals surface area contributed by atoms with Crippen LogP contribution in [0.5, 0.6) is 0 Å². The van der Waals surface area contributed by atoms with Gasteiger partial charge in [0.25, 0.3) is 11.7 Å². The maximum atomic E-state index is 11.6. The van der Waals surface area contributed by atoms with E-state index in [0.29, 0.717) is 12.6 Å². The molecule has 0 unspecified atom stereocenters. The molecule has 0 radical (unpaired) electrons. The van der Waals surface area contributed by atoms with Crippen LogP contribution in [0.15, 0.2) is 12.4 Å².